The molecule has 0 bridgehead atoms. The third-order valence-electron chi connectivity index (χ3n) is 1.15. The van der Waals surface area contributed by atoms with E-state index in [1.54, 1.807) is 25.9 Å². The highest BCUT2D eigenvalue weighted by molar-refractivity contribution is 6.76. The number of amidine groups is 1. The van der Waals surface area contributed by atoms with Gasteiger partial charge in [-0.05, 0) is 6.92 Å². The van der Waals surface area contributed by atoms with Gasteiger partial charge in [0.2, 0.25) is 0 Å². The maximum Gasteiger partial charge on any atom is 0.299 e. The number of hydrogen-bond donors (Lipinski definition) is 0. The molecule has 1 amide bonds. The van der Waals surface area contributed by atoms with Crippen LogP contribution >= 0.6 is 34.8 Å². The number of carbonyl (C=O) groups is 1. The van der Waals surface area contributed by atoms with Crippen molar-refractivity contribution < 1.29 is 4.79 Å². The van der Waals surface area contributed by atoms with E-state index in [4.69, 9.17) is 34.8 Å². The quantitative estimate of drug-likeness (QED) is 0.362. The predicted molar refractivity (Wildman–Crippen MR) is 52.1 cm³/mol. The van der Waals surface area contributed by atoms with Crippen molar-refractivity contribution in [3.63, 3.8) is 0 Å². The summed E-state index contributed by atoms with van der Waals surface area (Å²) in [5.74, 6) is -0.287. The topological polar surface area (TPSA) is 32.7 Å². The second-order valence-corrected chi connectivity index (χ2v) is 4.64. The fourth-order valence-corrected chi connectivity index (χ4v) is 0.437. The van der Waals surface area contributed by atoms with Crippen molar-refractivity contribution >= 4 is 46.5 Å². The Kier molecular flexibility index (Phi) is 4.31. The molecule has 0 spiro atoms. The molecule has 0 aliphatic carbocycles. The molecule has 0 heterocycles. The third kappa shape index (κ3) is 4.14. The summed E-state index contributed by atoms with van der Waals surface area (Å²) < 4.78 is -1.96. The number of halogens is 3. The van der Waals surface area contributed by atoms with Crippen molar-refractivity contribution in [2.45, 2.75) is 10.7 Å². The molecule has 12 heavy (non-hydrogen) atoms. The zero-order valence-corrected chi connectivity index (χ0v) is 9.20. The number of amides is 1. The first-order chi connectivity index (χ1) is 5.25. The molecule has 0 unspecified atom stereocenters. The van der Waals surface area contributed by atoms with Crippen molar-refractivity contribution in [2.75, 3.05) is 14.1 Å². The van der Waals surface area contributed by atoms with Gasteiger partial charge in [-0.25, -0.2) is 0 Å². The summed E-state index contributed by atoms with van der Waals surface area (Å²) in [4.78, 5) is 16.2. The van der Waals surface area contributed by atoms with Crippen molar-refractivity contribution in [2.24, 2.45) is 4.99 Å². The van der Waals surface area contributed by atoms with Crippen LogP contribution in [-0.4, -0.2) is 34.5 Å². The zero-order chi connectivity index (χ0) is 9.94. The van der Waals surface area contributed by atoms with Crippen LogP contribution < -0.4 is 0 Å². The summed E-state index contributed by atoms with van der Waals surface area (Å²) in [6.07, 6.45) is 0. The number of alkyl halides is 3. The first kappa shape index (κ1) is 12.0. The van der Waals surface area contributed by atoms with Gasteiger partial charge in [-0.15, -0.1) is 0 Å². The normalized spacial score (nSPS) is 13.0. The van der Waals surface area contributed by atoms with E-state index in [0.29, 0.717) is 5.84 Å². The Balaban J connectivity index is 4.46. The molecule has 6 heteroatoms. The summed E-state index contributed by atoms with van der Waals surface area (Å²) in [5, 5.41) is 0. The molecule has 0 N–H and O–H groups in total. The minimum absolute atomic E-state index is 0.492. The maximum atomic E-state index is 11.0. The predicted octanol–water partition coefficient (Wildman–Crippen LogP) is 1.86. The molecule has 0 aliphatic rings. The average Bonchev–Trinajstić information content (AvgIpc) is 1.85. The second kappa shape index (κ2) is 4.30. The average molecular weight is 232 g/mol. The van der Waals surface area contributed by atoms with E-state index in [1.165, 1.54) is 0 Å². The van der Waals surface area contributed by atoms with Crippen molar-refractivity contribution in [1.29, 1.82) is 0 Å². The Morgan fingerprint density at radius 2 is 1.75 bits per heavy atom. The lowest BCUT2D eigenvalue weighted by Gasteiger charge is -2.12. The number of aliphatic imine (C=N–C) groups is 1. The van der Waals surface area contributed by atoms with E-state index < -0.39 is 9.70 Å². The van der Waals surface area contributed by atoms with Crippen LogP contribution in [0.3, 0.4) is 0 Å². The van der Waals surface area contributed by atoms with Crippen LogP contribution in [0.25, 0.3) is 0 Å². The molecule has 0 aromatic carbocycles. The van der Waals surface area contributed by atoms with Crippen LogP contribution in [0.5, 0.6) is 0 Å². The fourth-order valence-electron chi connectivity index (χ4n) is 0.310. The number of carbonyl (C=O) groups excluding carboxylic acids is 1. The van der Waals surface area contributed by atoms with Gasteiger partial charge in [0.05, 0.1) is 0 Å². The molecule has 0 aromatic rings. The minimum Gasteiger partial charge on any atom is -0.366 e. The largest absolute Gasteiger partial charge is 0.366 e. The van der Waals surface area contributed by atoms with Gasteiger partial charge in [0.15, 0.2) is 0 Å². The fraction of sp³-hybridized carbons (Fsp3) is 0.667. The summed E-state index contributed by atoms with van der Waals surface area (Å²) in [7, 11) is 3.48. The smallest absolute Gasteiger partial charge is 0.299 e. The lowest BCUT2D eigenvalue weighted by atomic mass is 10.6. The molecule has 70 valence electrons. The molecule has 0 aromatic heterocycles. The lowest BCUT2D eigenvalue weighted by Crippen LogP contribution is -2.24. The van der Waals surface area contributed by atoms with Gasteiger partial charge in [-0.3, -0.25) is 4.79 Å². The van der Waals surface area contributed by atoms with Crippen LogP contribution in [0.4, 0.5) is 0 Å². The van der Waals surface area contributed by atoms with Gasteiger partial charge >= 0.3 is 0 Å². The monoisotopic (exact) mass is 230 g/mol. The number of hydrogen-bond acceptors (Lipinski definition) is 1. The van der Waals surface area contributed by atoms with Crippen molar-refractivity contribution in [1.82, 2.24) is 4.90 Å². The van der Waals surface area contributed by atoms with Crippen LogP contribution in [0.2, 0.25) is 0 Å². The zero-order valence-electron chi connectivity index (χ0n) is 6.94. The molecular formula is C6H9Cl3N2O. The molecule has 0 radical (unpaired) electrons. The number of rotatable bonds is 0. The van der Waals surface area contributed by atoms with Crippen LogP contribution in [-0.2, 0) is 4.79 Å². The standard InChI is InChI=1S/C6H9Cl3N2O/c1-4(11(2)3)10-5(12)6(7,8)9/h1-3H3. The molecular weight excluding hydrogens is 222 g/mol. The van der Waals surface area contributed by atoms with Gasteiger partial charge in [-0.1, -0.05) is 34.8 Å². The van der Waals surface area contributed by atoms with Gasteiger partial charge in [0, 0.05) is 14.1 Å². The maximum absolute atomic E-state index is 11.0. The highest BCUT2D eigenvalue weighted by Crippen LogP contribution is 2.27. The molecule has 0 aliphatic heterocycles. The summed E-state index contributed by atoms with van der Waals surface area (Å²) in [6.45, 7) is 1.65. The van der Waals surface area contributed by atoms with Crippen molar-refractivity contribution in [3.8, 4) is 0 Å². The lowest BCUT2D eigenvalue weighted by molar-refractivity contribution is -0.117. The van der Waals surface area contributed by atoms with E-state index in [2.05, 4.69) is 4.99 Å². The second-order valence-electron chi connectivity index (χ2n) is 2.36. The Morgan fingerprint density at radius 3 is 2.00 bits per heavy atom. The van der Waals surface area contributed by atoms with E-state index >= 15 is 0 Å². The van der Waals surface area contributed by atoms with Crippen LogP contribution in [0, 0.1) is 0 Å². The molecule has 3 nitrogen and oxygen atoms in total. The first-order valence-corrected chi connectivity index (χ1v) is 4.22. The first-order valence-electron chi connectivity index (χ1n) is 3.09. The SMILES string of the molecule is CC(=NC(=O)C(Cl)(Cl)Cl)N(C)C. The van der Waals surface area contributed by atoms with Crippen molar-refractivity contribution in [3.05, 3.63) is 0 Å². The van der Waals surface area contributed by atoms with Gasteiger partial charge in [0.25, 0.3) is 9.70 Å². The van der Waals surface area contributed by atoms with Crippen LogP contribution in [0.15, 0.2) is 4.99 Å². The Morgan fingerprint density at radius 1 is 1.33 bits per heavy atom. The summed E-state index contributed by atoms with van der Waals surface area (Å²) >= 11 is 15.9. The van der Waals surface area contributed by atoms with Crippen LogP contribution in [0.1, 0.15) is 6.92 Å². The van der Waals surface area contributed by atoms with Gasteiger partial charge in [-0.2, -0.15) is 4.99 Å². The Hall–Kier alpha value is 0.01000. The van der Waals surface area contributed by atoms with Gasteiger partial charge < -0.3 is 4.90 Å². The van der Waals surface area contributed by atoms with E-state index in [-0.39, 0.29) is 0 Å². The molecule has 0 saturated carbocycles. The highest BCUT2D eigenvalue weighted by atomic mass is 35.6. The van der Waals surface area contributed by atoms with Gasteiger partial charge in [0.1, 0.15) is 5.84 Å². The number of nitrogens with zero attached hydrogens (tertiary/aromatic N) is 2. The third-order valence-corrected chi connectivity index (χ3v) is 1.64. The van der Waals surface area contributed by atoms with E-state index in [1.807, 2.05) is 0 Å². The van der Waals surface area contributed by atoms with E-state index in [0.717, 1.165) is 0 Å². The Labute approximate surface area is 86.3 Å². The Bertz CT molecular complexity index is 207. The minimum atomic E-state index is -1.96. The molecule has 0 rings (SSSR count). The van der Waals surface area contributed by atoms with E-state index in [9.17, 15) is 4.79 Å². The molecule has 0 saturated heterocycles. The molecule has 0 fully saturated rings. The molecule has 0 atom stereocenters. The highest BCUT2D eigenvalue weighted by Gasteiger charge is 2.30. The summed E-state index contributed by atoms with van der Waals surface area (Å²) in [5.41, 5.74) is 0. The summed E-state index contributed by atoms with van der Waals surface area (Å²) in [6, 6.07) is 0.